The Labute approximate surface area is 112 Å². The summed E-state index contributed by atoms with van der Waals surface area (Å²) in [5.74, 6) is 0.241. The maximum atomic E-state index is 11.9. The Bertz CT molecular complexity index is 450. The maximum Gasteiger partial charge on any atom is 0.250 e. The number of thiophene rings is 1. The molecule has 0 aromatic carbocycles. The minimum atomic E-state index is -3.44. The van der Waals surface area contributed by atoms with Crippen molar-refractivity contribution in [3.8, 4) is 0 Å². The highest BCUT2D eigenvalue weighted by Crippen LogP contribution is 2.26. The van der Waals surface area contributed by atoms with Crippen molar-refractivity contribution < 1.29 is 13.5 Å². The molecule has 0 aliphatic heterocycles. The Hall–Kier alpha value is -0.430. The summed E-state index contributed by atoms with van der Waals surface area (Å²) in [5.41, 5.74) is 0. The molecule has 1 atom stereocenters. The van der Waals surface area contributed by atoms with Crippen LogP contribution in [0.4, 0.5) is 0 Å². The van der Waals surface area contributed by atoms with Gasteiger partial charge < -0.3 is 5.11 Å². The van der Waals surface area contributed by atoms with E-state index in [1.807, 2.05) is 0 Å². The van der Waals surface area contributed by atoms with E-state index in [-0.39, 0.29) is 12.5 Å². The van der Waals surface area contributed by atoms with Gasteiger partial charge in [0.2, 0.25) is 10.0 Å². The summed E-state index contributed by atoms with van der Waals surface area (Å²) in [7, 11) is -3.44. The average molecular weight is 289 g/mol. The topological polar surface area (TPSA) is 66.4 Å². The van der Waals surface area contributed by atoms with Gasteiger partial charge in [0.05, 0.1) is 6.10 Å². The Morgan fingerprint density at radius 3 is 2.72 bits per heavy atom. The largest absolute Gasteiger partial charge is 0.391 e. The minimum absolute atomic E-state index is 0.116. The summed E-state index contributed by atoms with van der Waals surface area (Å²) in [6, 6.07) is 3.27. The fraction of sp³-hybridized carbons (Fsp3) is 0.667. The number of sulfonamides is 1. The van der Waals surface area contributed by atoms with E-state index in [0.29, 0.717) is 4.21 Å². The van der Waals surface area contributed by atoms with Gasteiger partial charge in [-0.05, 0) is 30.2 Å². The van der Waals surface area contributed by atoms with Gasteiger partial charge in [-0.1, -0.05) is 25.3 Å². The highest BCUT2D eigenvalue weighted by atomic mass is 32.2. The third-order valence-electron chi connectivity index (χ3n) is 3.44. The normalized spacial score (nSPS) is 19.8. The van der Waals surface area contributed by atoms with Crippen LogP contribution in [0.15, 0.2) is 21.7 Å². The average Bonchev–Trinajstić information content (AvgIpc) is 2.92. The molecule has 6 heteroatoms. The van der Waals surface area contributed by atoms with Crippen LogP contribution in [0.25, 0.3) is 0 Å². The lowest BCUT2D eigenvalue weighted by Gasteiger charge is -2.26. The first kappa shape index (κ1) is 14.0. The van der Waals surface area contributed by atoms with Gasteiger partial charge in [0.25, 0.3) is 0 Å². The molecule has 1 saturated carbocycles. The van der Waals surface area contributed by atoms with Crippen LogP contribution in [0, 0.1) is 5.92 Å². The molecule has 2 rings (SSSR count). The van der Waals surface area contributed by atoms with Crippen LogP contribution in [-0.2, 0) is 10.0 Å². The molecule has 1 unspecified atom stereocenters. The third-order valence-corrected chi connectivity index (χ3v) is 6.26. The zero-order valence-corrected chi connectivity index (χ0v) is 11.8. The van der Waals surface area contributed by atoms with Gasteiger partial charge in [-0.25, -0.2) is 13.1 Å². The molecule has 1 aromatic rings. The fourth-order valence-corrected chi connectivity index (χ4v) is 4.46. The number of aliphatic hydroxyl groups is 1. The van der Waals surface area contributed by atoms with Gasteiger partial charge in [-0.15, -0.1) is 11.3 Å². The molecule has 18 heavy (non-hydrogen) atoms. The van der Waals surface area contributed by atoms with Crippen LogP contribution < -0.4 is 4.72 Å². The predicted octanol–water partition coefficient (Wildman–Crippen LogP) is 1.97. The van der Waals surface area contributed by atoms with Crippen LogP contribution in [0.5, 0.6) is 0 Å². The number of nitrogens with one attached hydrogen (secondary N) is 1. The van der Waals surface area contributed by atoms with Crippen molar-refractivity contribution in [2.75, 3.05) is 6.54 Å². The Balaban J connectivity index is 1.87. The SMILES string of the molecule is O=S(=O)(NCC(O)C1CCCCC1)c1cccs1. The van der Waals surface area contributed by atoms with Crippen LogP contribution >= 0.6 is 11.3 Å². The first-order chi connectivity index (χ1) is 8.59. The van der Waals surface area contributed by atoms with Gasteiger partial charge in [0, 0.05) is 6.54 Å². The highest BCUT2D eigenvalue weighted by molar-refractivity contribution is 7.91. The van der Waals surface area contributed by atoms with E-state index in [0.717, 1.165) is 25.7 Å². The third kappa shape index (κ3) is 3.54. The zero-order valence-electron chi connectivity index (χ0n) is 10.2. The Kier molecular flexibility index (Phi) is 4.77. The molecule has 0 bridgehead atoms. The summed E-state index contributed by atoms with van der Waals surface area (Å²) in [6.07, 6.45) is 4.94. The van der Waals surface area contributed by atoms with Crippen molar-refractivity contribution >= 4 is 21.4 Å². The minimum Gasteiger partial charge on any atom is -0.391 e. The molecule has 0 saturated heterocycles. The lowest BCUT2D eigenvalue weighted by molar-refractivity contribution is 0.0888. The second kappa shape index (κ2) is 6.14. The van der Waals surface area contributed by atoms with Crippen LogP contribution in [0.2, 0.25) is 0 Å². The van der Waals surface area contributed by atoms with E-state index in [2.05, 4.69) is 4.72 Å². The van der Waals surface area contributed by atoms with Gasteiger partial charge >= 0.3 is 0 Å². The monoisotopic (exact) mass is 289 g/mol. The molecular weight excluding hydrogens is 270 g/mol. The van der Waals surface area contributed by atoms with Crippen molar-refractivity contribution in [2.24, 2.45) is 5.92 Å². The van der Waals surface area contributed by atoms with Gasteiger partial charge in [0.15, 0.2) is 0 Å². The molecule has 1 aromatic heterocycles. The quantitative estimate of drug-likeness (QED) is 0.871. The van der Waals surface area contributed by atoms with E-state index in [4.69, 9.17) is 0 Å². The summed E-state index contributed by atoms with van der Waals surface area (Å²) >= 11 is 1.19. The summed E-state index contributed by atoms with van der Waals surface area (Å²) in [6.45, 7) is 0.116. The van der Waals surface area contributed by atoms with E-state index < -0.39 is 16.1 Å². The van der Waals surface area contributed by atoms with Crippen molar-refractivity contribution in [2.45, 2.75) is 42.4 Å². The molecule has 102 valence electrons. The van der Waals surface area contributed by atoms with Crippen LogP contribution in [0.1, 0.15) is 32.1 Å². The van der Waals surface area contributed by atoms with Crippen LogP contribution in [0.3, 0.4) is 0 Å². The Morgan fingerprint density at radius 1 is 1.39 bits per heavy atom. The molecular formula is C12H19NO3S2. The fourth-order valence-electron chi connectivity index (χ4n) is 2.37. The summed E-state index contributed by atoms with van der Waals surface area (Å²) in [4.78, 5) is 0. The second-order valence-electron chi connectivity index (χ2n) is 4.75. The lowest BCUT2D eigenvalue weighted by atomic mass is 9.85. The molecule has 1 heterocycles. The van der Waals surface area contributed by atoms with E-state index in [1.54, 1.807) is 17.5 Å². The van der Waals surface area contributed by atoms with Crippen molar-refractivity contribution in [3.05, 3.63) is 17.5 Å². The molecule has 0 spiro atoms. The molecule has 2 N–H and O–H groups in total. The first-order valence-corrected chi connectivity index (χ1v) is 8.67. The molecule has 1 aliphatic carbocycles. The van der Waals surface area contributed by atoms with Gasteiger partial charge in [-0.2, -0.15) is 0 Å². The van der Waals surface area contributed by atoms with Crippen molar-refractivity contribution in [3.63, 3.8) is 0 Å². The van der Waals surface area contributed by atoms with Crippen molar-refractivity contribution in [1.29, 1.82) is 0 Å². The molecule has 0 amide bonds. The summed E-state index contributed by atoms with van der Waals surface area (Å²) < 4.78 is 26.5. The van der Waals surface area contributed by atoms with Gasteiger partial charge in [0.1, 0.15) is 4.21 Å². The van der Waals surface area contributed by atoms with E-state index in [9.17, 15) is 13.5 Å². The predicted molar refractivity (Wildman–Crippen MR) is 72.1 cm³/mol. The van der Waals surface area contributed by atoms with E-state index in [1.165, 1.54) is 17.8 Å². The number of hydrogen-bond acceptors (Lipinski definition) is 4. The molecule has 1 fully saturated rings. The Morgan fingerprint density at radius 2 is 2.11 bits per heavy atom. The number of rotatable bonds is 5. The number of hydrogen-bond donors (Lipinski definition) is 2. The molecule has 4 nitrogen and oxygen atoms in total. The molecule has 0 radical (unpaired) electrons. The summed E-state index contributed by atoms with van der Waals surface area (Å²) in [5, 5.41) is 11.7. The second-order valence-corrected chi connectivity index (χ2v) is 7.69. The van der Waals surface area contributed by atoms with Crippen molar-refractivity contribution in [1.82, 2.24) is 4.72 Å². The number of aliphatic hydroxyl groups excluding tert-OH is 1. The van der Waals surface area contributed by atoms with Gasteiger partial charge in [-0.3, -0.25) is 0 Å². The maximum absolute atomic E-state index is 11.9. The highest BCUT2D eigenvalue weighted by Gasteiger charge is 2.24. The zero-order chi connectivity index (χ0) is 13.0. The first-order valence-electron chi connectivity index (χ1n) is 6.31. The standard InChI is InChI=1S/C12H19NO3S2/c14-11(10-5-2-1-3-6-10)9-13-18(15,16)12-7-4-8-17-12/h4,7-8,10-11,13-14H,1-3,5-6,9H2. The lowest BCUT2D eigenvalue weighted by Crippen LogP contribution is -2.36. The van der Waals surface area contributed by atoms with Crippen LogP contribution in [-0.4, -0.2) is 26.2 Å². The smallest absolute Gasteiger partial charge is 0.250 e. The molecule has 1 aliphatic rings. The van der Waals surface area contributed by atoms with E-state index >= 15 is 0 Å².